The van der Waals surface area contributed by atoms with Crippen molar-refractivity contribution >= 4 is 0 Å². The normalized spacial score (nSPS) is 42.5. The first-order chi connectivity index (χ1) is 8.83. The molecule has 3 rings (SSSR count). The second-order valence-electron chi connectivity index (χ2n) is 6.94. The van der Waals surface area contributed by atoms with Gasteiger partial charge in [-0.05, 0) is 51.5 Å². The Balaban J connectivity index is 1.53. The van der Waals surface area contributed by atoms with E-state index in [9.17, 15) is 0 Å². The van der Waals surface area contributed by atoms with Gasteiger partial charge in [0, 0.05) is 24.7 Å². The molecule has 2 nitrogen and oxygen atoms in total. The molecule has 0 amide bonds. The zero-order valence-electron chi connectivity index (χ0n) is 12.0. The zero-order valence-corrected chi connectivity index (χ0v) is 12.0. The quantitative estimate of drug-likeness (QED) is 0.810. The predicted octanol–water partition coefficient (Wildman–Crippen LogP) is 3.17. The van der Waals surface area contributed by atoms with E-state index in [4.69, 9.17) is 0 Å². The molecule has 0 aromatic heterocycles. The van der Waals surface area contributed by atoms with Crippen LogP contribution in [-0.4, -0.2) is 36.1 Å². The van der Waals surface area contributed by atoms with E-state index in [1.54, 1.807) is 0 Å². The van der Waals surface area contributed by atoms with Gasteiger partial charge >= 0.3 is 0 Å². The highest BCUT2D eigenvalue weighted by Crippen LogP contribution is 2.33. The maximum Gasteiger partial charge on any atom is 0.0201 e. The predicted molar refractivity (Wildman–Crippen MR) is 76.8 cm³/mol. The lowest BCUT2D eigenvalue weighted by molar-refractivity contribution is 0.193. The first kappa shape index (κ1) is 12.9. The van der Waals surface area contributed by atoms with E-state index in [0.29, 0.717) is 0 Å². The first-order valence-corrected chi connectivity index (χ1v) is 8.33. The molecule has 18 heavy (non-hydrogen) atoms. The van der Waals surface area contributed by atoms with Crippen LogP contribution >= 0.6 is 0 Å². The largest absolute Gasteiger partial charge is 0.310 e. The van der Waals surface area contributed by atoms with E-state index in [0.717, 1.165) is 24.0 Å². The second-order valence-corrected chi connectivity index (χ2v) is 6.94. The minimum Gasteiger partial charge on any atom is -0.310 e. The maximum absolute atomic E-state index is 3.94. The van der Waals surface area contributed by atoms with Gasteiger partial charge in [-0.15, -0.1) is 0 Å². The molecular formula is C16H30N2. The number of nitrogens with zero attached hydrogens (tertiary/aromatic N) is 1. The lowest BCUT2D eigenvalue weighted by Crippen LogP contribution is -2.43. The number of rotatable bonds is 2. The fourth-order valence-corrected chi connectivity index (χ4v) is 4.46. The third-order valence-corrected chi connectivity index (χ3v) is 5.59. The Morgan fingerprint density at radius 1 is 1.00 bits per heavy atom. The summed E-state index contributed by atoms with van der Waals surface area (Å²) in [5.74, 6) is 1.01. The molecule has 3 fully saturated rings. The maximum atomic E-state index is 3.94. The average molecular weight is 250 g/mol. The molecule has 2 saturated heterocycles. The third-order valence-electron chi connectivity index (χ3n) is 5.59. The molecule has 4 atom stereocenters. The lowest BCUT2D eigenvalue weighted by atomic mass is 9.85. The first-order valence-electron chi connectivity index (χ1n) is 8.33. The van der Waals surface area contributed by atoms with Crippen LogP contribution in [0.5, 0.6) is 0 Å². The standard InChI is InChI=1S/C16H30N2/c1-13-7-3-2-6-10-18(13)12-15-11-14-8-4-5-9-16(14)17-15/h13-17H,2-12H2,1H3. The molecule has 0 aromatic rings. The number of fused-ring (bicyclic) bond motifs is 1. The van der Waals surface area contributed by atoms with Gasteiger partial charge in [-0.1, -0.05) is 25.7 Å². The molecule has 1 aliphatic carbocycles. The van der Waals surface area contributed by atoms with Crippen LogP contribution < -0.4 is 5.32 Å². The van der Waals surface area contributed by atoms with Crippen LogP contribution in [-0.2, 0) is 0 Å². The summed E-state index contributed by atoms with van der Waals surface area (Å²) in [6, 6.07) is 2.47. The highest BCUT2D eigenvalue weighted by molar-refractivity contribution is 4.94. The Hall–Kier alpha value is -0.0800. The SMILES string of the molecule is CC1CCCCCN1CC1CC2CCCCC2N1. The van der Waals surface area contributed by atoms with Crippen molar-refractivity contribution in [3.63, 3.8) is 0 Å². The zero-order chi connectivity index (χ0) is 12.4. The minimum absolute atomic E-state index is 0.790. The average Bonchev–Trinajstić information content (AvgIpc) is 2.68. The lowest BCUT2D eigenvalue weighted by Gasteiger charge is -2.30. The fourth-order valence-electron chi connectivity index (χ4n) is 4.46. The molecule has 2 heterocycles. The summed E-state index contributed by atoms with van der Waals surface area (Å²) >= 11 is 0. The second kappa shape index (κ2) is 5.92. The summed E-state index contributed by atoms with van der Waals surface area (Å²) in [6.07, 6.45) is 13.1. The summed E-state index contributed by atoms with van der Waals surface area (Å²) in [6.45, 7) is 5.09. The van der Waals surface area contributed by atoms with E-state index < -0.39 is 0 Å². The van der Waals surface area contributed by atoms with Crippen molar-refractivity contribution in [2.45, 2.75) is 82.8 Å². The molecule has 3 aliphatic rings. The minimum atomic E-state index is 0.790. The van der Waals surface area contributed by atoms with Crippen molar-refractivity contribution in [1.82, 2.24) is 10.2 Å². The van der Waals surface area contributed by atoms with Gasteiger partial charge in [0.15, 0.2) is 0 Å². The topological polar surface area (TPSA) is 15.3 Å². The van der Waals surface area contributed by atoms with Crippen molar-refractivity contribution < 1.29 is 0 Å². The fraction of sp³-hybridized carbons (Fsp3) is 1.00. The van der Waals surface area contributed by atoms with Gasteiger partial charge in [0.25, 0.3) is 0 Å². The van der Waals surface area contributed by atoms with Gasteiger partial charge in [-0.25, -0.2) is 0 Å². The van der Waals surface area contributed by atoms with Crippen molar-refractivity contribution in [2.75, 3.05) is 13.1 Å². The Morgan fingerprint density at radius 3 is 2.72 bits per heavy atom. The number of hydrogen-bond donors (Lipinski definition) is 1. The summed E-state index contributed by atoms with van der Waals surface area (Å²) in [7, 11) is 0. The number of likely N-dealkylation sites (tertiary alicyclic amines) is 1. The molecule has 2 aliphatic heterocycles. The van der Waals surface area contributed by atoms with Crippen molar-refractivity contribution in [2.24, 2.45) is 5.92 Å². The van der Waals surface area contributed by atoms with Crippen molar-refractivity contribution in [3.8, 4) is 0 Å². The summed E-state index contributed by atoms with van der Waals surface area (Å²) in [5.41, 5.74) is 0. The number of hydrogen-bond acceptors (Lipinski definition) is 2. The van der Waals surface area contributed by atoms with Gasteiger partial charge in [0.05, 0.1) is 0 Å². The van der Waals surface area contributed by atoms with Crippen LogP contribution in [0.1, 0.15) is 64.7 Å². The highest BCUT2D eigenvalue weighted by Gasteiger charge is 2.36. The Labute approximate surface area is 113 Å². The van der Waals surface area contributed by atoms with Crippen molar-refractivity contribution in [3.05, 3.63) is 0 Å². The molecule has 1 saturated carbocycles. The third kappa shape index (κ3) is 2.91. The van der Waals surface area contributed by atoms with Gasteiger partial charge in [0.2, 0.25) is 0 Å². The smallest absolute Gasteiger partial charge is 0.0201 e. The monoisotopic (exact) mass is 250 g/mol. The van der Waals surface area contributed by atoms with Crippen molar-refractivity contribution in [1.29, 1.82) is 0 Å². The Kier molecular flexibility index (Phi) is 4.25. The summed E-state index contributed by atoms with van der Waals surface area (Å²) < 4.78 is 0. The van der Waals surface area contributed by atoms with Crippen LogP contribution in [0.4, 0.5) is 0 Å². The van der Waals surface area contributed by atoms with E-state index in [-0.39, 0.29) is 0 Å². The molecule has 0 spiro atoms. The van der Waals surface area contributed by atoms with Gasteiger partial charge in [0.1, 0.15) is 0 Å². The van der Waals surface area contributed by atoms with E-state index >= 15 is 0 Å². The summed E-state index contributed by atoms with van der Waals surface area (Å²) in [4.78, 5) is 2.77. The van der Waals surface area contributed by atoms with Crippen LogP contribution in [0.3, 0.4) is 0 Å². The molecule has 0 bridgehead atoms. The van der Waals surface area contributed by atoms with E-state index in [2.05, 4.69) is 17.1 Å². The molecule has 1 N–H and O–H groups in total. The molecule has 4 unspecified atom stereocenters. The van der Waals surface area contributed by atoms with Crippen LogP contribution in [0, 0.1) is 5.92 Å². The van der Waals surface area contributed by atoms with Gasteiger partial charge < -0.3 is 5.32 Å². The van der Waals surface area contributed by atoms with Gasteiger partial charge in [-0.3, -0.25) is 4.90 Å². The number of nitrogens with one attached hydrogen (secondary N) is 1. The van der Waals surface area contributed by atoms with Crippen LogP contribution in [0.25, 0.3) is 0 Å². The molecule has 104 valence electrons. The molecule has 0 aromatic carbocycles. The molecule has 2 heteroatoms. The Bertz CT molecular complexity index is 252. The van der Waals surface area contributed by atoms with E-state index in [1.807, 2.05) is 0 Å². The Morgan fingerprint density at radius 2 is 1.83 bits per heavy atom. The van der Waals surface area contributed by atoms with Crippen LogP contribution in [0.2, 0.25) is 0 Å². The van der Waals surface area contributed by atoms with E-state index in [1.165, 1.54) is 70.9 Å². The molecular weight excluding hydrogens is 220 g/mol. The van der Waals surface area contributed by atoms with Crippen LogP contribution in [0.15, 0.2) is 0 Å². The molecule has 0 radical (unpaired) electrons. The highest BCUT2D eigenvalue weighted by atomic mass is 15.2. The van der Waals surface area contributed by atoms with Gasteiger partial charge in [-0.2, -0.15) is 0 Å². The summed E-state index contributed by atoms with van der Waals surface area (Å²) in [5, 5.41) is 3.94.